The van der Waals surface area contributed by atoms with Crippen LogP contribution in [0.15, 0.2) is 65.6 Å². The molecule has 160 valence electrons. The molecule has 0 saturated heterocycles. The van der Waals surface area contributed by atoms with Gasteiger partial charge in [-0.25, -0.2) is 0 Å². The highest BCUT2D eigenvalue weighted by molar-refractivity contribution is 5.71. The van der Waals surface area contributed by atoms with E-state index in [0.717, 1.165) is 24.0 Å². The molecule has 7 nitrogen and oxygen atoms in total. The summed E-state index contributed by atoms with van der Waals surface area (Å²) < 4.78 is 7.54. The molecule has 1 fully saturated rings. The smallest absolute Gasteiger partial charge is 0.217 e. The molecule has 2 heterocycles. The molecular weight excluding hydrogens is 402 g/mol. The lowest BCUT2D eigenvalue weighted by atomic mass is 9.73. The Morgan fingerprint density at radius 1 is 1.22 bits per heavy atom. The summed E-state index contributed by atoms with van der Waals surface area (Å²) >= 11 is 0. The molecule has 7 heteroatoms. The molecule has 3 N–H and O–H groups in total. The number of methoxy groups -OCH3 is 1. The minimum atomic E-state index is -1.44. The van der Waals surface area contributed by atoms with E-state index in [1.165, 1.54) is 0 Å². The Hall–Kier alpha value is -3.90. The molecule has 0 spiro atoms. The number of nitrogens with zero attached hydrogens (tertiary/aromatic N) is 3. The number of aliphatic hydroxyl groups is 1. The van der Waals surface area contributed by atoms with E-state index < -0.39 is 17.7 Å². The van der Waals surface area contributed by atoms with Gasteiger partial charge in [-0.15, -0.1) is 0 Å². The SMILES string of the molecule is COc1ccccc1[C@@H]1C(C#N)=C(C(=C=N)C#N)N[C@](O)(C2CC2)[C@@H]1[n+]1ccc(C)cc1. The molecule has 1 aliphatic carbocycles. The monoisotopic (exact) mass is 426 g/mol. The van der Waals surface area contributed by atoms with Gasteiger partial charge in [0, 0.05) is 23.6 Å². The van der Waals surface area contributed by atoms with Crippen LogP contribution in [0.4, 0.5) is 0 Å². The van der Waals surface area contributed by atoms with Crippen LogP contribution in [0.1, 0.15) is 35.9 Å². The first-order valence-corrected chi connectivity index (χ1v) is 10.4. The zero-order valence-corrected chi connectivity index (χ0v) is 18.0. The third kappa shape index (κ3) is 3.44. The summed E-state index contributed by atoms with van der Waals surface area (Å²) in [5.74, 6) is 2.02. The second-order valence-electron chi connectivity index (χ2n) is 8.22. The first kappa shape index (κ1) is 21.3. The van der Waals surface area contributed by atoms with Crippen molar-refractivity contribution in [1.82, 2.24) is 5.32 Å². The van der Waals surface area contributed by atoms with E-state index in [1.54, 1.807) is 7.11 Å². The van der Waals surface area contributed by atoms with Crippen molar-refractivity contribution in [2.75, 3.05) is 7.11 Å². The van der Waals surface area contributed by atoms with Crippen molar-refractivity contribution < 1.29 is 14.4 Å². The summed E-state index contributed by atoms with van der Waals surface area (Å²) in [6, 6.07) is 14.9. The quantitative estimate of drug-likeness (QED) is 0.386. The molecule has 0 bridgehead atoms. The van der Waals surface area contributed by atoms with Gasteiger partial charge in [0.2, 0.25) is 11.8 Å². The van der Waals surface area contributed by atoms with Crippen molar-refractivity contribution in [3.8, 4) is 17.9 Å². The van der Waals surface area contributed by atoms with Crippen LogP contribution >= 0.6 is 0 Å². The highest BCUT2D eigenvalue weighted by atomic mass is 16.5. The third-order valence-electron chi connectivity index (χ3n) is 6.29. The minimum absolute atomic E-state index is 0.0700. The number of aryl methyl sites for hydroxylation is 1. The molecule has 32 heavy (non-hydrogen) atoms. The lowest BCUT2D eigenvalue weighted by Crippen LogP contribution is -2.66. The molecule has 0 radical (unpaired) electrons. The lowest BCUT2D eigenvalue weighted by Gasteiger charge is -2.43. The Morgan fingerprint density at radius 3 is 2.47 bits per heavy atom. The van der Waals surface area contributed by atoms with Crippen LogP contribution in [0, 0.1) is 40.9 Å². The summed E-state index contributed by atoms with van der Waals surface area (Å²) in [5, 5.41) is 42.6. The number of allylic oxidation sites excluding steroid dienone is 2. The van der Waals surface area contributed by atoms with Gasteiger partial charge in [-0.3, -0.25) is 5.41 Å². The lowest BCUT2D eigenvalue weighted by molar-refractivity contribution is -0.742. The van der Waals surface area contributed by atoms with E-state index in [-0.39, 0.29) is 22.8 Å². The Bertz CT molecular complexity index is 1210. The molecule has 1 aromatic heterocycles. The van der Waals surface area contributed by atoms with Gasteiger partial charge in [0.15, 0.2) is 12.4 Å². The fourth-order valence-electron chi connectivity index (χ4n) is 4.59. The second kappa shape index (κ2) is 8.32. The number of ether oxygens (including phenoxy) is 1. The normalized spacial score (nSPS) is 24.5. The molecule has 1 aromatic carbocycles. The summed E-state index contributed by atoms with van der Waals surface area (Å²) in [6.45, 7) is 1.99. The summed E-state index contributed by atoms with van der Waals surface area (Å²) in [4.78, 5) is 0. The van der Waals surface area contributed by atoms with Crippen LogP contribution in [-0.4, -0.2) is 23.8 Å². The average molecular weight is 427 g/mol. The molecule has 1 aliphatic heterocycles. The van der Waals surface area contributed by atoms with Gasteiger partial charge >= 0.3 is 0 Å². The number of benzene rings is 1. The predicted molar refractivity (Wildman–Crippen MR) is 116 cm³/mol. The van der Waals surface area contributed by atoms with E-state index in [4.69, 9.17) is 10.1 Å². The maximum atomic E-state index is 12.1. The maximum Gasteiger partial charge on any atom is 0.217 e. The number of para-hydroxylation sites is 1. The first-order valence-electron chi connectivity index (χ1n) is 10.4. The van der Waals surface area contributed by atoms with E-state index in [9.17, 15) is 15.6 Å². The fourth-order valence-corrected chi connectivity index (χ4v) is 4.59. The van der Waals surface area contributed by atoms with Crippen molar-refractivity contribution in [2.24, 2.45) is 5.92 Å². The molecule has 2 aromatic rings. The van der Waals surface area contributed by atoms with Crippen molar-refractivity contribution in [1.29, 1.82) is 15.9 Å². The molecular formula is C25H24N5O2+. The highest BCUT2D eigenvalue weighted by Crippen LogP contribution is 2.53. The number of rotatable bonds is 5. The van der Waals surface area contributed by atoms with Gasteiger partial charge in [0.05, 0.1) is 30.4 Å². The molecule has 0 unspecified atom stereocenters. The fraction of sp³-hybridized carbons (Fsp3) is 0.320. The Morgan fingerprint density at radius 2 is 1.91 bits per heavy atom. The van der Waals surface area contributed by atoms with Crippen LogP contribution in [0.5, 0.6) is 5.75 Å². The largest absolute Gasteiger partial charge is 0.496 e. The maximum absolute atomic E-state index is 12.1. The van der Waals surface area contributed by atoms with Crippen LogP contribution in [-0.2, 0) is 0 Å². The number of nitrogens with one attached hydrogen (secondary N) is 2. The first-order chi connectivity index (χ1) is 15.5. The van der Waals surface area contributed by atoms with Crippen LogP contribution in [0.25, 0.3) is 0 Å². The highest BCUT2D eigenvalue weighted by Gasteiger charge is 2.61. The Labute approximate surface area is 187 Å². The van der Waals surface area contributed by atoms with E-state index in [2.05, 4.69) is 17.3 Å². The van der Waals surface area contributed by atoms with Crippen molar-refractivity contribution in [3.05, 3.63) is 76.8 Å². The standard InChI is InChI=1S/C25H24N5O2/c1-16-9-11-30(12-10-16)24-22(19-5-3-4-6-21(19)32-2)20(15-28)23(17(13-26)14-27)29-25(24,31)18-7-8-18/h3-6,9-12,18,22,24,26,29,31H,7-8H2,1-2H3/q+1/t22-,24-,25+/m1/s1. The van der Waals surface area contributed by atoms with Gasteiger partial charge in [0.25, 0.3) is 0 Å². The molecule has 3 atom stereocenters. The van der Waals surface area contributed by atoms with Crippen LogP contribution < -0.4 is 14.6 Å². The van der Waals surface area contributed by atoms with Gasteiger partial charge < -0.3 is 15.2 Å². The van der Waals surface area contributed by atoms with Gasteiger partial charge in [0.1, 0.15) is 17.4 Å². The predicted octanol–water partition coefficient (Wildman–Crippen LogP) is 2.79. The van der Waals surface area contributed by atoms with Crippen molar-refractivity contribution in [2.45, 2.75) is 37.5 Å². The molecule has 1 saturated carbocycles. The van der Waals surface area contributed by atoms with Gasteiger partial charge in [-0.2, -0.15) is 15.1 Å². The van der Waals surface area contributed by atoms with Crippen molar-refractivity contribution in [3.63, 3.8) is 0 Å². The van der Waals surface area contributed by atoms with E-state index in [0.29, 0.717) is 5.75 Å². The number of pyridine rings is 1. The minimum Gasteiger partial charge on any atom is -0.496 e. The molecule has 4 rings (SSSR count). The zero-order valence-electron chi connectivity index (χ0n) is 18.0. The summed E-state index contributed by atoms with van der Waals surface area (Å²) in [6.07, 6.45) is 5.43. The van der Waals surface area contributed by atoms with Gasteiger partial charge in [-0.1, -0.05) is 18.2 Å². The third-order valence-corrected chi connectivity index (χ3v) is 6.29. The molecule has 2 aliphatic rings. The van der Waals surface area contributed by atoms with E-state index in [1.807, 2.05) is 66.4 Å². The molecule has 0 amide bonds. The number of aromatic nitrogens is 1. The van der Waals surface area contributed by atoms with E-state index >= 15 is 0 Å². The topological polar surface area (TPSA) is 117 Å². The average Bonchev–Trinajstić information content (AvgIpc) is 3.66. The second-order valence-corrected chi connectivity index (χ2v) is 8.22. The number of hydrogen-bond donors (Lipinski definition) is 3. The number of hydrogen-bond acceptors (Lipinski definition) is 6. The number of nitriles is 2. The van der Waals surface area contributed by atoms with Crippen LogP contribution in [0.3, 0.4) is 0 Å². The zero-order chi connectivity index (χ0) is 22.9. The Balaban J connectivity index is 2.07. The summed E-state index contributed by atoms with van der Waals surface area (Å²) in [7, 11) is 1.57. The van der Waals surface area contributed by atoms with Gasteiger partial charge in [-0.05, 0) is 37.3 Å². The summed E-state index contributed by atoms with van der Waals surface area (Å²) in [5.41, 5.74) is 0.649. The van der Waals surface area contributed by atoms with Crippen molar-refractivity contribution >= 4 is 5.87 Å². The Kier molecular flexibility index (Phi) is 5.55. The van der Waals surface area contributed by atoms with Crippen LogP contribution in [0.2, 0.25) is 0 Å².